The van der Waals surface area contributed by atoms with E-state index in [1.165, 1.54) is 12.1 Å². The molecule has 15 heavy (non-hydrogen) atoms. The fourth-order valence-electron chi connectivity index (χ4n) is 1.71. The van der Waals surface area contributed by atoms with Crippen molar-refractivity contribution in [2.45, 2.75) is 18.9 Å². The van der Waals surface area contributed by atoms with Crippen molar-refractivity contribution in [2.75, 3.05) is 18.5 Å². The molecule has 1 aliphatic rings. The molecule has 1 saturated carbocycles. The highest BCUT2D eigenvalue weighted by Gasteiger charge is 2.30. The van der Waals surface area contributed by atoms with Crippen molar-refractivity contribution in [1.29, 1.82) is 0 Å². The number of nitrogens with zero attached hydrogens (tertiary/aromatic N) is 1. The van der Waals surface area contributed by atoms with Crippen molar-refractivity contribution in [2.24, 2.45) is 5.92 Å². The molecule has 0 aromatic heterocycles. The zero-order valence-electron chi connectivity index (χ0n) is 8.86. The molecule has 0 amide bonds. The fraction of sp³-hybridized carbons (Fsp3) is 0.500. The van der Waals surface area contributed by atoms with Crippen LogP contribution in [0.1, 0.15) is 12.8 Å². The molecular weight excluding hydrogens is 193 g/mol. The average molecular weight is 209 g/mol. The van der Waals surface area contributed by atoms with Gasteiger partial charge in [-0.3, -0.25) is 0 Å². The molecule has 1 aliphatic carbocycles. The second kappa shape index (κ2) is 4.19. The summed E-state index contributed by atoms with van der Waals surface area (Å²) in [6, 6.07) is 6.34. The van der Waals surface area contributed by atoms with Gasteiger partial charge in [-0.25, -0.2) is 4.39 Å². The first-order chi connectivity index (χ1) is 7.16. The van der Waals surface area contributed by atoms with Gasteiger partial charge in [-0.15, -0.1) is 0 Å². The maximum atomic E-state index is 12.7. The van der Waals surface area contributed by atoms with E-state index in [1.807, 2.05) is 11.9 Å². The highest BCUT2D eigenvalue weighted by Crippen LogP contribution is 2.33. The van der Waals surface area contributed by atoms with E-state index in [4.69, 9.17) is 0 Å². The number of likely N-dealkylation sites (N-methyl/N-ethyl adjacent to an activating group) is 1. The van der Waals surface area contributed by atoms with Crippen molar-refractivity contribution >= 4 is 5.69 Å². The number of benzene rings is 1. The van der Waals surface area contributed by atoms with Crippen molar-refractivity contribution in [3.8, 4) is 0 Å². The van der Waals surface area contributed by atoms with Crippen LogP contribution in [-0.2, 0) is 0 Å². The molecule has 82 valence electrons. The number of aliphatic hydroxyl groups is 1. The van der Waals surface area contributed by atoms with Crippen molar-refractivity contribution in [3.63, 3.8) is 0 Å². The van der Waals surface area contributed by atoms with Crippen LogP contribution < -0.4 is 4.90 Å². The van der Waals surface area contributed by atoms with Crippen molar-refractivity contribution < 1.29 is 9.50 Å². The first-order valence-electron chi connectivity index (χ1n) is 5.31. The SMILES string of the molecule is CN(CC(O)C1CC1)c1ccc(F)cc1. The van der Waals surface area contributed by atoms with Gasteiger partial charge in [0.15, 0.2) is 0 Å². The Bertz CT molecular complexity index is 321. The van der Waals surface area contributed by atoms with Gasteiger partial charge in [-0.2, -0.15) is 0 Å². The van der Waals surface area contributed by atoms with Gasteiger partial charge >= 0.3 is 0 Å². The Morgan fingerprint density at radius 3 is 2.53 bits per heavy atom. The summed E-state index contributed by atoms with van der Waals surface area (Å²) in [5, 5.41) is 9.76. The Labute approximate surface area is 89.3 Å². The third-order valence-corrected chi connectivity index (χ3v) is 2.89. The van der Waals surface area contributed by atoms with Gasteiger partial charge in [0.05, 0.1) is 6.10 Å². The lowest BCUT2D eigenvalue weighted by atomic mass is 10.2. The number of hydrogen-bond acceptors (Lipinski definition) is 2. The smallest absolute Gasteiger partial charge is 0.123 e. The van der Waals surface area contributed by atoms with Crippen LogP contribution in [0.4, 0.5) is 10.1 Å². The van der Waals surface area contributed by atoms with Crippen LogP contribution in [0, 0.1) is 11.7 Å². The van der Waals surface area contributed by atoms with Crippen LogP contribution in [0.3, 0.4) is 0 Å². The quantitative estimate of drug-likeness (QED) is 0.820. The lowest BCUT2D eigenvalue weighted by molar-refractivity contribution is 0.158. The zero-order valence-corrected chi connectivity index (χ0v) is 8.86. The molecule has 0 radical (unpaired) electrons. The molecule has 1 aromatic rings. The van der Waals surface area contributed by atoms with E-state index in [2.05, 4.69) is 0 Å². The molecule has 0 aliphatic heterocycles. The first kappa shape index (κ1) is 10.4. The third-order valence-electron chi connectivity index (χ3n) is 2.89. The Hall–Kier alpha value is -1.09. The molecule has 1 aromatic carbocycles. The lowest BCUT2D eigenvalue weighted by Gasteiger charge is -2.22. The molecule has 3 heteroatoms. The normalized spacial score (nSPS) is 17.5. The number of hydrogen-bond donors (Lipinski definition) is 1. The van der Waals surface area contributed by atoms with Gasteiger partial charge in [0, 0.05) is 19.3 Å². The predicted molar refractivity (Wildman–Crippen MR) is 58.4 cm³/mol. The highest BCUT2D eigenvalue weighted by molar-refractivity contribution is 5.45. The van der Waals surface area contributed by atoms with Gasteiger partial charge in [0.1, 0.15) is 5.82 Å². The molecule has 2 rings (SSSR count). The Kier molecular flexibility index (Phi) is 2.91. The topological polar surface area (TPSA) is 23.5 Å². The summed E-state index contributed by atoms with van der Waals surface area (Å²) < 4.78 is 12.7. The minimum absolute atomic E-state index is 0.227. The summed E-state index contributed by atoms with van der Waals surface area (Å²) in [6.45, 7) is 0.621. The Morgan fingerprint density at radius 2 is 2.00 bits per heavy atom. The molecule has 1 N–H and O–H groups in total. The summed E-state index contributed by atoms with van der Waals surface area (Å²) in [5.41, 5.74) is 0.941. The van der Waals surface area contributed by atoms with Crippen molar-refractivity contribution in [3.05, 3.63) is 30.1 Å². The van der Waals surface area contributed by atoms with E-state index in [0.29, 0.717) is 12.5 Å². The molecule has 1 unspecified atom stereocenters. The van der Waals surface area contributed by atoms with Gasteiger partial charge in [-0.05, 0) is 43.0 Å². The van der Waals surface area contributed by atoms with Gasteiger partial charge in [0.25, 0.3) is 0 Å². The van der Waals surface area contributed by atoms with Crippen LogP contribution in [-0.4, -0.2) is 24.8 Å². The average Bonchev–Trinajstić information content (AvgIpc) is 3.01. The summed E-state index contributed by atoms with van der Waals surface area (Å²) in [5.74, 6) is 0.253. The maximum Gasteiger partial charge on any atom is 0.123 e. The molecule has 2 nitrogen and oxygen atoms in total. The highest BCUT2D eigenvalue weighted by atomic mass is 19.1. The summed E-state index contributed by atoms with van der Waals surface area (Å²) in [4.78, 5) is 1.96. The molecule has 1 fully saturated rings. The number of aliphatic hydroxyl groups excluding tert-OH is 1. The van der Waals surface area contributed by atoms with Gasteiger partial charge in [-0.1, -0.05) is 0 Å². The van der Waals surface area contributed by atoms with Crippen LogP contribution in [0.15, 0.2) is 24.3 Å². The van der Waals surface area contributed by atoms with E-state index in [1.54, 1.807) is 12.1 Å². The van der Waals surface area contributed by atoms with E-state index >= 15 is 0 Å². The molecule has 0 heterocycles. The largest absolute Gasteiger partial charge is 0.391 e. The van der Waals surface area contributed by atoms with Gasteiger partial charge in [0.2, 0.25) is 0 Å². The van der Waals surface area contributed by atoms with Crippen LogP contribution >= 0.6 is 0 Å². The van der Waals surface area contributed by atoms with E-state index in [9.17, 15) is 9.50 Å². The first-order valence-corrected chi connectivity index (χ1v) is 5.31. The summed E-state index contributed by atoms with van der Waals surface area (Å²) in [7, 11) is 1.92. The summed E-state index contributed by atoms with van der Waals surface area (Å²) >= 11 is 0. The number of anilines is 1. The molecule has 0 saturated heterocycles. The standard InChI is InChI=1S/C12H16FNO/c1-14(8-12(15)9-2-3-9)11-6-4-10(13)5-7-11/h4-7,9,12,15H,2-3,8H2,1H3. The third kappa shape index (κ3) is 2.69. The fourth-order valence-corrected chi connectivity index (χ4v) is 1.71. The minimum atomic E-state index is -0.250. The van der Waals surface area contributed by atoms with E-state index < -0.39 is 0 Å². The second-order valence-electron chi connectivity index (χ2n) is 4.26. The Morgan fingerprint density at radius 1 is 1.40 bits per heavy atom. The second-order valence-corrected chi connectivity index (χ2v) is 4.26. The summed E-state index contributed by atoms with van der Waals surface area (Å²) in [6.07, 6.45) is 2.02. The van der Waals surface area contributed by atoms with E-state index in [0.717, 1.165) is 18.5 Å². The molecule has 1 atom stereocenters. The van der Waals surface area contributed by atoms with Crippen LogP contribution in [0.2, 0.25) is 0 Å². The monoisotopic (exact) mass is 209 g/mol. The molecule has 0 bridgehead atoms. The minimum Gasteiger partial charge on any atom is -0.391 e. The number of halogens is 1. The Balaban J connectivity index is 1.94. The zero-order chi connectivity index (χ0) is 10.8. The molecule has 0 spiro atoms. The number of rotatable bonds is 4. The van der Waals surface area contributed by atoms with Gasteiger partial charge < -0.3 is 10.0 Å². The van der Waals surface area contributed by atoms with Crippen LogP contribution in [0.25, 0.3) is 0 Å². The lowest BCUT2D eigenvalue weighted by Crippen LogP contribution is -2.30. The predicted octanol–water partition coefficient (Wildman–Crippen LogP) is 2.03. The maximum absolute atomic E-state index is 12.7. The van der Waals surface area contributed by atoms with E-state index in [-0.39, 0.29) is 11.9 Å². The van der Waals surface area contributed by atoms with Crippen molar-refractivity contribution in [1.82, 2.24) is 0 Å². The molecular formula is C12H16FNO. The van der Waals surface area contributed by atoms with Crippen LogP contribution in [0.5, 0.6) is 0 Å².